The van der Waals surface area contributed by atoms with Crippen LogP contribution in [0.3, 0.4) is 0 Å². The Morgan fingerprint density at radius 2 is 0.833 bits per heavy atom. The summed E-state index contributed by atoms with van der Waals surface area (Å²) < 4.78 is 0. The van der Waals surface area contributed by atoms with Gasteiger partial charge in [-0.1, -0.05) is 24.3 Å². The van der Waals surface area contributed by atoms with Gasteiger partial charge < -0.3 is 21.7 Å². The molecule has 0 radical (unpaired) electrons. The van der Waals surface area contributed by atoms with Crippen molar-refractivity contribution in [3.63, 3.8) is 0 Å². The molecule has 0 aliphatic rings. The first-order valence-corrected chi connectivity index (χ1v) is 8.64. The van der Waals surface area contributed by atoms with E-state index in [9.17, 15) is 19.2 Å². The third-order valence-electron chi connectivity index (χ3n) is 4.58. The van der Waals surface area contributed by atoms with Crippen LogP contribution in [0.2, 0.25) is 0 Å². The van der Waals surface area contributed by atoms with E-state index < -0.39 is 23.8 Å². The first kappa shape index (κ1) is 20.3. The Morgan fingerprint density at radius 3 is 1.07 bits per heavy atom. The number of hydrogen-bond donors (Lipinski definition) is 4. The molecule has 3 aromatic carbocycles. The van der Waals surface area contributed by atoms with E-state index in [1.165, 1.54) is 60.7 Å². The second kappa shape index (κ2) is 7.88. The van der Waals surface area contributed by atoms with Gasteiger partial charge >= 0.3 is 11.9 Å². The zero-order chi connectivity index (χ0) is 22.0. The molecule has 8 nitrogen and oxygen atoms in total. The fraction of sp³-hybridized carbons (Fsp3) is 0. The monoisotopic (exact) mass is 404 g/mol. The van der Waals surface area contributed by atoms with Crippen LogP contribution < -0.4 is 11.5 Å². The molecule has 0 spiro atoms. The van der Waals surface area contributed by atoms with Gasteiger partial charge in [-0.25, -0.2) is 9.59 Å². The van der Waals surface area contributed by atoms with E-state index in [0.717, 1.165) is 0 Å². The molecule has 0 fully saturated rings. The van der Waals surface area contributed by atoms with Gasteiger partial charge in [-0.3, -0.25) is 9.59 Å². The van der Waals surface area contributed by atoms with Crippen molar-refractivity contribution in [3.8, 4) is 22.3 Å². The number of carboxylic acids is 2. The van der Waals surface area contributed by atoms with Crippen LogP contribution in [0.4, 0.5) is 0 Å². The average Bonchev–Trinajstić information content (AvgIpc) is 2.72. The summed E-state index contributed by atoms with van der Waals surface area (Å²) in [5.41, 5.74) is 12.8. The molecule has 0 aliphatic carbocycles. The number of nitrogens with two attached hydrogens (primary N) is 2. The second-order valence-corrected chi connectivity index (χ2v) is 6.40. The minimum absolute atomic E-state index is 0.0396. The highest BCUT2D eigenvalue weighted by Gasteiger charge is 2.22. The number of carbonyl (C=O) groups excluding carboxylic acids is 2. The maximum Gasteiger partial charge on any atom is 0.335 e. The van der Waals surface area contributed by atoms with Crippen molar-refractivity contribution in [1.29, 1.82) is 0 Å². The Kier molecular flexibility index (Phi) is 5.33. The molecule has 0 aliphatic heterocycles. The van der Waals surface area contributed by atoms with Crippen LogP contribution in [-0.4, -0.2) is 34.0 Å². The third-order valence-corrected chi connectivity index (χ3v) is 4.58. The standard InChI is InChI=1S/C22H16N2O6/c23-19(25)15-9-10-16(20(24)26)18(12-3-7-14(8-4-12)22(29)30)17(15)11-1-5-13(6-2-11)21(27)28/h1-10H,(H2,23,25)(H2,24,26)(H,27,28)(H,29,30). The van der Waals surface area contributed by atoms with Crippen LogP contribution in [0, 0.1) is 0 Å². The first-order chi connectivity index (χ1) is 14.2. The molecule has 150 valence electrons. The quantitative estimate of drug-likeness (QED) is 0.494. The van der Waals surface area contributed by atoms with Gasteiger partial charge in [-0.15, -0.1) is 0 Å². The molecule has 0 atom stereocenters. The van der Waals surface area contributed by atoms with Gasteiger partial charge in [0.25, 0.3) is 0 Å². The fourth-order valence-corrected chi connectivity index (χ4v) is 3.17. The molecular formula is C22H16N2O6. The lowest BCUT2D eigenvalue weighted by Gasteiger charge is -2.17. The molecule has 8 heteroatoms. The Balaban J connectivity index is 2.36. The second-order valence-electron chi connectivity index (χ2n) is 6.40. The zero-order valence-electron chi connectivity index (χ0n) is 15.5. The highest BCUT2D eigenvalue weighted by molar-refractivity contribution is 6.10. The van der Waals surface area contributed by atoms with E-state index >= 15 is 0 Å². The summed E-state index contributed by atoms with van der Waals surface area (Å²) in [4.78, 5) is 46.5. The highest BCUT2D eigenvalue weighted by Crippen LogP contribution is 2.38. The maximum atomic E-state index is 12.1. The SMILES string of the molecule is NC(=O)c1ccc(C(N)=O)c(-c2ccc(C(=O)O)cc2)c1-c1ccc(C(=O)O)cc1. The number of amides is 2. The molecule has 0 unspecified atom stereocenters. The van der Waals surface area contributed by atoms with Crippen molar-refractivity contribution in [2.45, 2.75) is 0 Å². The van der Waals surface area contributed by atoms with Crippen LogP contribution in [0.1, 0.15) is 41.4 Å². The van der Waals surface area contributed by atoms with E-state index in [1.807, 2.05) is 0 Å². The molecule has 0 saturated heterocycles. The van der Waals surface area contributed by atoms with Crippen LogP contribution >= 0.6 is 0 Å². The molecule has 6 N–H and O–H groups in total. The van der Waals surface area contributed by atoms with Gasteiger partial charge in [0, 0.05) is 22.3 Å². The molecule has 2 amide bonds. The minimum atomic E-state index is -1.12. The van der Waals surface area contributed by atoms with E-state index in [2.05, 4.69) is 0 Å². The number of benzene rings is 3. The first-order valence-electron chi connectivity index (χ1n) is 8.64. The van der Waals surface area contributed by atoms with Crippen LogP contribution in [-0.2, 0) is 0 Å². The Bertz CT molecular complexity index is 1090. The van der Waals surface area contributed by atoms with Crippen molar-refractivity contribution in [2.24, 2.45) is 11.5 Å². The van der Waals surface area contributed by atoms with Gasteiger partial charge in [-0.2, -0.15) is 0 Å². The van der Waals surface area contributed by atoms with E-state index in [-0.39, 0.29) is 22.3 Å². The summed E-state index contributed by atoms with van der Waals surface area (Å²) in [5, 5.41) is 18.3. The van der Waals surface area contributed by atoms with E-state index in [4.69, 9.17) is 21.7 Å². The topological polar surface area (TPSA) is 161 Å². The molecule has 0 bridgehead atoms. The van der Waals surface area contributed by atoms with Gasteiger partial charge in [0.2, 0.25) is 11.8 Å². The van der Waals surface area contributed by atoms with Gasteiger partial charge in [0.05, 0.1) is 11.1 Å². The Hall–Kier alpha value is -4.46. The molecular weight excluding hydrogens is 388 g/mol. The number of hydrogen-bond acceptors (Lipinski definition) is 4. The zero-order valence-corrected chi connectivity index (χ0v) is 15.5. The molecule has 3 aromatic rings. The summed E-state index contributed by atoms with van der Waals surface area (Å²) in [6.45, 7) is 0. The van der Waals surface area contributed by atoms with Crippen molar-refractivity contribution >= 4 is 23.8 Å². The Morgan fingerprint density at radius 1 is 0.533 bits per heavy atom. The van der Waals surface area contributed by atoms with Crippen molar-refractivity contribution in [2.75, 3.05) is 0 Å². The average molecular weight is 404 g/mol. The summed E-state index contributed by atoms with van der Waals surface area (Å²) in [5.74, 6) is -3.75. The lowest BCUT2D eigenvalue weighted by atomic mass is 9.86. The summed E-state index contributed by atoms with van der Waals surface area (Å²) in [7, 11) is 0. The predicted molar refractivity (Wildman–Crippen MR) is 108 cm³/mol. The smallest absolute Gasteiger partial charge is 0.335 e. The van der Waals surface area contributed by atoms with Crippen LogP contribution in [0.5, 0.6) is 0 Å². The van der Waals surface area contributed by atoms with Gasteiger partial charge in [-0.05, 0) is 47.5 Å². The number of rotatable bonds is 6. The number of carboxylic acid groups (broad SMARTS) is 2. The van der Waals surface area contributed by atoms with E-state index in [1.54, 1.807) is 0 Å². The lowest BCUT2D eigenvalue weighted by molar-refractivity contribution is 0.0686. The maximum absolute atomic E-state index is 12.1. The number of primary amides is 2. The van der Waals surface area contributed by atoms with Gasteiger partial charge in [0.1, 0.15) is 0 Å². The van der Waals surface area contributed by atoms with Crippen LogP contribution in [0.25, 0.3) is 22.3 Å². The molecule has 0 heterocycles. The summed E-state index contributed by atoms with van der Waals surface area (Å²) in [6, 6.07) is 14.1. The predicted octanol–water partition coefficient (Wildman–Crippen LogP) is 2.61. The van der Waals surface area contributed by atoms with Crippen molar-refractivity contribution in [1.82, 2.24) is 0 Å². The molecule has 30 heavy (non-hydrogen) atoms. The lowest BCUT2D eigenvalue weighted by Crippen LogP contribution is -2.17. The number of aromatic carboxylic acids is 2. The van der Waals surface area contributed by atoms with E-state index in [0.29, 0.717) is 22.3 Å². The third kappa shape index (κ3) is 3.74. The van der Waals surface area contributed by atoms with Crippen molar-refractivity contribution in [3.05, 3.63) is 82.9 Å². The highest BCUT2D eigenvalue weighted by atomic mass is 16.4. The summed E-state index contributed by atoms with van der Waals surface area (Å²) in [6.07, 6.45) is 0. The minimum Gasteiger partial charge on any atom is -0.478 e. The Labute approximate surface area is 170 Å². The molecule has 0 saturated carbocycles. The largest absolute Gasteiger partial charge is 0.478 e. The van der Waals surface area contributed by atoms with Gasteiger partial charge in [0.15, 0.2) is 0 Å². The summed E-state index contributed by atoms with van der Waals surface area (Å²) >= 11 is 0. The number of carbonyl (C=O) groups is 4. The van der Waals surface area contributed by atoms with Crippen molar-refractivity contribution < 1.29 is 29.4 Å². The normalized spacial score (nSPS) is 10.4. The van der Waals surface area contributed by atoms with Crippen LogP contribution in [0.15, 0.2) is 60.7 Å². The fourth-order valence-electron chi connectivity index (χ4n) is 3.17. The molecule has 3 rings (SSSR count). The molecule has 0 aromatic heterocycles.